The van der Waals surface area contributed by atoms with Crippen molar-refractivity contribution in [3.8, 4) is 0 Å². The molecule has 0 aliphatic heterocycles. The van der Waals surface area contributed by atoms with Crippen LogP contribution in [-0.2, 0) is 22.8 Å². The summed E-state index contributed by atoms with van der Waals surface area (Å²) in [4.78, 5) is 0. The molecule has 0 spiro atoms. The molecule has 3 heteroatoms. The molecule has 0 aromatic heterocycles. The summed E-state index contributed by atoms with van der Waals surface area (Å²) in [6.07, 6.45) is 19.0. The Labute approximate surface area is 146 Å². The summed E-state index contributed by atoms with van der Waals surface area (Å²) in [6.45, 7) is 2.37. The van der Waals surface area contributed by atoms with Gasteiger partial charge in [-0.25, -0.2) is 0 Å². The summed E-state index contributed by atoms with van der Waals surface area (Å²) >= 11 is -0.370. The summed E-state index contributed by atoms with van der Waals surface area (Å²) in [7, 11) is 0. The maximum Gasteiger partial charge on any atom is -1.00 e. The standard InChI is InChI=1S/C11H11.C6H10.2ClH.Zr/c1-9-5-4-8-11(9)10-6-2-3-7-10;1-2-4-6-5-3-1;;;/h2-3,6,8H,4,7H2,1H3;1-5H2;2*1H;/q;;;;+2/p-2. The van der Waals surface area contributed by atoms with Crippen molar-refractivity contribution in [1.29, 1.82) is 0 Å². The molecule has 0 heterocycles. The van der Waals surface area contributed by atoms with Crippen molar-refractivity contribution in [3.63, 3.8) is 0 Å². The zero-order valence-electron chi connectivity index (χ0n) is 12.0. The number of allylic oxidation sites excluding steroid dienone is 8. The quantitative estimate of drug-likeness (QED) is 0.553. The minimum Gasteiger partial charge on any atom is -1.00 e. The van der Waals surface area contributed by atoms with Crippen molar-refractivity contribution in [2.75, 3.05) is 0 Å². The van der Waals surface area contributed by atoms with Crippen LogP contribution in [-0.4, -0.2) is 3.21 Å². The predicted molar refractivity (Wildman–Crippen MR) is 75.3 cm³/mol. The van der Waals surface area contributed by atoms with Crippen LogP contribution in [0, 0.1) is 0 Å². The minimum atomic E-state index is -0.370. The third-order valence-corrected chi connectivity index (χ3v) is 8.53. The van der Waals surface area contributed by atoms with Gasteiger partial charge in [-0.05, 0) is 0 Å². The van der Waals surface area contributed by atoms with Crippen LogP contribution in [0.4, 0.5) is 0 Å². The molecule has 3 rings (SSSR count). The van der Waals surface area contributed by atoms with Gasteiger partial charge in [-0.2, -0.15) is 0 Å². The van der Waals surface area contributed by atoms with Gasteiger partial charge in [0.2, 0.25) is 0 Å². The second kappa shape index (κ2) is 8.67. The van der Waals surface area contributed by atoms with E-state index in [2.05, 4.69) is 31.2 Å². The summed E-state index contributed by atoms with van der Waals surface area (Å²) in [5.41, 5.74) is 4.78. The zero-order chi connectivity index (χ0) is 12.4. The first-order chi connectivity index (χ1) is 8.84. The number of halogens is 2. The van der Waals surface area contributed by atoms with Crippen molar-refractivity contribution in [1.82, 2.24) is 0 Å². The average molecular weight is 387 g/mol. The topological polar surface area (TPSA) is 0 Å². The first-order valence-corrected chi connectivity index (χ1v) is 9.68. The zero-order valence-corrected chi connectivity index (χ0v) is 16.0. The number of hydrogen-bond acceptors (Lipinski definition) is 0. The Balaban J connectivity index is 0.000001000. The van der Waals surface area contributed by atoms with E-state index in [9.17, 15) is 0 Å². The van der Waals surface area contributed by atoms with E-state index in [4.69, 9.17) is 0 Å². The van der Waals surface area contributed by atoms with E-state index in [-0.39, 0.29) is 47.6 Å². The van der Waals surface area contributed by atoms with Gasteiger partial charge in [-0.1, -0.05) is 0 Å². The Bertz CT molecular complexity index is 499. The van der Waals surface area contributed by atoms with Gasteiger partial charge < -0.3 is 24.8 Å². The van der Waals surface area contributed by atoms with Crippen LogP contribution < -0.4 is 24.8 Å². The van der Waals surface area contributed by atoms with Crippen LogP contribution in [0.1, 0.15) is 51.9 Å². The first kappa shape index (κ1) is 18.3. The summed E-state index contributed by atoms with van der Waals surface area (Å²) in [5.74, 6) is 0. The summed E-state index contributed by atoms with van der Waals surface area (Å²) < 4.78 is 3.84. The minimum absolute atomic E-state index is 0. The monoisotopic (exact) mass is 385 g/mol. The molecule has 20 heavy (non-hydrogen) atoms. The van der Waals surface area contributed by atoms with Crippen LogP contribution >= 0.6 is 0 Å². The molecule has 0 N–H and O–H groups in total. The predicted octanol–water partition coefficient (Wildman–Crippen LogP) is -1.30. The van der Waals surface area contributed by atoms with Crippen molar-refractivity contribution >= 4 is 3.21 Å². The third kappa shape index (κ3) is 4.15. The van der Waals surface area contributed by atoms with E-state index >= 15 is 0 Å². The van der Waals surface area contributed by atoms with Crippen LogP contribution in [0.3, 0.4) is 0 Å². The van der Waals surface area contributed by atoms with Crippen molar-refractivity contribution in [2.24, 2.45) is 0 Å². The van der Waals surface area contributed by atoms with Gasteiger partial charge in [-0.15, -0.1) is 0 Å². The molecule has 0 amide bonds. The number of hydrogen-bond donors (Lipinski definition) is 0. The smallest absolute Gasteiger partial charge is 1.00 e. The van der Waals surface area contributed by atoms with Gasteiger partial charge in [0.25, 0.3) is 0 Å². The Kier molecular flexibility index (Phi) is 7.95. The van der Waals surface area contributed by atoms with Gasteiger partial charge in [0.15, 0.2) is 0 Å². The molecule has 0 unspecified atom stereocenters. The fourth-order valence-electron chi connectivity index (χ4n) is 3.15. The maximum absolute atomic E-state index is 2.49. The Morgan fingerprint density at radius 3 is 2.40 bits per heavy atom. The number of rotatable bonds is 2. The van der Waals surface area contributed by atoms with Crippen molar-refractivity contribution in [3.05, 3.63) is 44.3 Å². The van der Waals surface area contributed by atoms with E-state index in [0.29, 0.717) is 0 Å². The molecule has 3 aliphatic carbocycles. The molecular formula is C17H21Cl2Zr. The Hall–Kier alpha value is 0.293. The molecule has 0 bridgehead atoms. The average Bonchev–Trinajstić information content (AvgIpc) is 3.02. The molecule has 0 aromatic rings. The SMILES string of the molecule is CC1=[C]([Zr+2]=[C]2CCCCC2)CC=C1C1=CC=CC1.[Cl-].[Cl-]. The molecule has 0 nitrogen and oxygen atoms in total. The van der Waals surface area contributed by atoms with E-state index < -0.39 is 0 Å². The largest absolute Gasteiger partial charge is 1.00 e. The molecule has 0 aromatic carbocycles. The molecule has 1 fully saturated rings. The summed E-state index contributed by atoms with van der Waals surface area (Å²) in [6, 6.07) is 0. The van der Waals surface area contributed by atoms with Crippen molar-refractivity contribution < 1.29 is 47.6 Å². The van der Waals surface area contributed by atoms with E-state index in [1.54, 1.807) is 16.7 Å². The Morgan fingerprint density at radius 2 is 1.75 bits per heavy atom. The molecule has 3 aliphatic rings. The normalized spacial score (nSPS) is 20.9. The van der Waals surface area contributed by atoms with E-state index in [1.807, 2.05) is 6.49 Å². The van der Waals surface area contributed by atoms with Crippen LogP contribution in [0.25, 0.3) is 0 Å². The molecular weight excluding hydrogens is 366 g/mol. The third-order valence-electron chi connectivity index (χ3n) is 4.27. The van der Waals surface area contributed by atoms with Gasteiger partial charge in [0.05, 0.1) is 0 Å². The Morgan fingerprint density at radius 1 is 1.00 bits per heavy atom. The van der Waals surface area contributed by atoms with Gasteiger partial charge in [0.1, 0.15) is 0 Å². The van der Waals surface area contributed by atoms with Crippen LogP contribution in [0.15, 0.2) is 44.3 Å². The molecule has 0 radical (unpaired) electrons. The second-order valence-electron chi connectivity index (χ2n) is 5.54. The molecule has 107 valence electrons. The van der Waals surface area contributed by atoms with E-state index in [1.165, 1.54) is 38.5 Å². The van der Waals surface area contributed by atoms with Crippen LogP contribution in [0.5, 0.6) is 0 Å². The van der Waals surface area contributed by atoms with Gasteiger partial charge >= 0.3 is 122 Å². The molecule has 1 saturated carbocycles. The van der Waals surface area contributed by atoms with Crippen LogP contribution in [0.2, 0.25) is 0 Å². The maximum atomic E-state index is 2.49. The molecule has 0 saturated heterocycles. The fourth-order valence-corrected chi connectivity index (χ4v) is 6.98. The first-order valence-electron chi connectivity index (χ1n) is 7.22. The summed E-state index contributed by atoms with van der Waals surface area (Å²) in [5, 5.41) is 0. The van der Waals surface area contributed by atoms with Crippen molar-refractivity contribution in [2.45, 2.75) is 51.9 Å². The van der Waals surface area contributed by atoms with Gasteiger partial charge in [0, 0.05) is 0 Å². The van der Waals surface area contributed by atoms with E-state index in [0.717, 1.165) is 6.42 Å². The fraction of sp³-hybridized carbons (Fsp3) is 0.471. The van der Waals surface area contributed by atoms with Gasteiger partial charge in [-0.3, -0.25) is 0 Å². The second-order valence-corrected chi connectivity index (χ2v) is 9.38. The molecule has 0 atom stereocenters.